The van der Waals surface area contributed by atoms with Crippen molar-refractivity contribution in [3.63, 3.8) is 0 Å². The summed E-state index contributed by atoms with van der Waals surface area (Å²) in [6.07, 6.45) is 1.29. The van der Waals surface area contributed by atoms with Crippen molar-refractivity contribution in [2.75, 3.05) is 33.1 Å². The number of nitrogens with zero attached hydrogens (tertiary/aromatic N) is 1. The number of hydrogen-bond donors (Lipinski definition) is 0. The van der Waals surface area contributed by atoms with Gasteiger partial charge >= 0.3 is 5.97 Å². The third-order valence-electron chi connectivity index (χ3n) is 3.15. The van der Waals surface area contributed by atoms with Gasteiger partial charge in [0, 0.05) is 17.0 Å². The van der Waals surface area contributed by atoms with E-state index in [2.05, 4.69) is 4.74 Å². The molecule has 20 heavy (non-hydrogen) atoms. The molecule has 1 saturated heterocycles. The Morgan fingerprint density at radius 3 is 2.65 bits per heavy atom. The van der Waals surface area contributed by atoms with Crippen LogP contribution in [0.1, 0.15) is 10.4 Å². The van der Waals surface area contributed by atoms with Gasteiger partial charge in [-0.25, -0.2) is 4.79 Å². The summed E-state index contributed by atoms with van der Waals surface area (Å²) in [5.74, 6) is -0.532. The molecule has 5 nitrogen and oxygen atoms in total. The van der Waals surface area contributed by atoms with Crippen LogP contribution in [-0.2, 0) is 14.3 Å². The Kier molecular flexibility index (Phi) is 5.03. The number of rotatable bonds is 3. The first-order valence-electron chi connectivity index (χ1n) is 6.28. The maximum Gasteiger partial charge on any atom is 0.336 e. The normalized spacial score (nSPS) is 18.7. The molecule has 1 aromatic carbocycles. The average Bonchev–Trinajstić information content (AvgIpc) is 2.53. The second-order valence-corrected chi connectivity index (χ2v) is 5.24. The molecule has 1 heterocycles. The number of ether oxygens (including phenoxy) is 2. The number of carbonyl (C=O) groups excluding carboxylic acids is 2. The molecule has 1 aliphatic heterocycles. The molecule has 108 valence electrons. The molecule has 0 aromatic heterocycles. The third-order valence-corrected chi connectivity index (χ3v) is 3.90. The summed E-state index contributed by atoms with van der Waals surface area (Å²) in [5.41, 5.74) is 0.619. The summed E-state index contributed by atoms with van der Waals surface area (Å²) in [6, 6.07) is 7.43. The second-order valence-electron chi connectivity index (χ2n) is 4.36. The Hall–Kier alpha value is -1.53. The van der Waals surface area contributed by atoms with Crippen molar-refractivity contribution in [3.05, 3.63) is 29.8 Å². The van der Waals surface area contributed by atoms with E-state index >= 15 is 0 Å². The smallest absolute Gasteiger partial charge is 0.336 e. The van der Waals surface area contributed by atoms with E-state index in [4.69, 9.17) is 4.74 Å². The van der Waals surface area contributed by atoms with E-state index in [1.54, 1.807) is 28.8 Å². The van der Waals surface area contributed by atoms with Crippen LogP contribution in [0.3, 0.4) is 0 Å². The lowest BCUT2D eigenvalue weighted by Crippen LogP contribution is -2.48. The summed E-state index contributed by atoms with van der Waals surface area (Å²) in [7, 11) is 1.31. The van der Waals surface area contributed by atoms with Crippen molar-refractivity contribution >= 4 is 23.6 Å². The molecule has 1 atom stereocenters. The fourth-order valence-electron chi connectivity index (χ4n) is 2.02. The monoisotopic (exact) mass is 295 g/mol. The zero-order valence-corrected chi connectivity index (χ0v) is 12.3. The van der Waals surface area contributed by atoms with Gasteiger partial charge in [0.1, 0.15) is 0 Å². The van der Waals surface area contributed by atoms with Crippen molar-refractivity contribution in [2.24, 2.45) is 0 Å². The highest BCUT2D eigenvalue weighted by Crippen LogP contribution is 2.17. The molecule has 0 bridgehead atoms. The minimum Gasteiger partial charge on any atom is -0.467 e. The average molecular weight is 295 g/mol. The van der Waals surface area contributed by atoms with E-state index < -0.39 is 12.1 Å². The lowest BCUT2D eigenvalue weighted by Gasteiger charge is -2.31. The molecule has 0 N–H and O–H groups in total. The van der Waals surface area contributed by atoms with E-state index in [1.165, 1.54) is 7.11 Å². The van der Waals surface area contributed by atoms with Crippen molar-refractivity contribution < 1.29 is 19.1 Å². The van der Waals surface area contributed by atoms with Crippen LogP contribution in [0.4, 0.5) is 0 Å². The van der Waals surface area contributed by atoms with Crippen LogP contribution in [0.2, 0.25) is 0 Å². The molecule has 1 aromatic rings. The number of esters is 1. The van der Waals surface area contributed by atoms with Gasteiger partial charge in [-0.1, -0.05) is 0 Å². The van der Waals surface area contributed by atoms with Gasteiger partial charge in [0.25, 0.3) is 5.91 Å². The Morgan fingerprint density at radius 1 is 1.35 bits per heavy atom. The number of hydrogen-bond acceptors (Lipinski definition) is 5. The quantitative estimate of drug-likeness (QED) is 0.623. The predicted molar refractivity (Wildman–Crippen MR) is 75.9 cm³/mol. The molecular weight excluding hydrogens is 278 g/mol. The molecule has 1 aliphatic rings. The lowest BCUT2D eigenvalue weighted by molar-refractivity contribution is -0.158. The number of morpholine rings is 1. The Bertz CT molecular complexity index is 488. The van der Waals surface area contributed by atoms with Crippen molar-refractivity contribution in [1.29, 1.82) is 0 Å². The van der Waals surface area contributed by atoms with Gasteiger partial charge in [-0.2, -0.15) is 0 Å². The molecule has 6 heteroatoms. The van der Waals surface area contributed by atoms with E-state index in [0.717, 1.165) is 4.90 Å². The predicted octanol–water partition coefficient (Wildman–Crippen LogP) is 1.42. The molecule has 0 radical (unpaired) electrons. The first kappa shape index (κ1) is 14.9. The standard InChI is InChI=1S/C14H17NO4S/c1-18-14(17)12-9-15(7-8-19-12)13(16)10-3-5-11(20-2)6-4-10/h3-6,12H,7-9H2,1-2H3. The van der Waals surface area contributed by atoms with Crippen molar-refractivity contribution in [1.82, 2.24) is 4.90 Å². The minimum absolute atomic E-state index is 0.0881. The zero-order valence-electron chi connectivity index (χ0n) is 11.5. The van der Waals surface area contributed by atoms with Gasteiger partial charge in [-0.05, 0) is 30.5 Å². The van der Waals surface area contributed by atoms with E-state index in [1.807, 2.05) is 18.4 Å². The lowest BCUT2D eigenvalue weighted by atomic mass is 10.1. The van der Waals surface area contributed by atoms with Crippen LogP contribution in [0.5, 0.6) is 0 Å². The van der Waals surface area contributed by atoms with Crippen molar-refractivity contribution in [2.45, 2.75) is 11.0 Å². The van der Waals surface area contributed by atoms with Gasteiger partial charge in [0.15, 0.2) is 6.10 Å². The maximum absolute atomic E-state index is 12.4. The minimum atomic E-state index is -0.692. The zero-order chi connectivity index (χ0) is 14.5. The Morgan fingerprint density at radius 2 is 2.05 bits per heavy atom. The summed E-state index contributed by atoms with van der Waals surface area (Å²) < 4.78 is 9.96. The highest BCUT2D eigenvalue weighted by atomic mass is 32.2. The molecule has 0 saturated carbocycles. The van der Waals surface area contributed by atoms with Crippen LogP contribution in [0.25, 0.3) is 0 Å². The van der Waals surface area contributed by atoms with Gasteiger partial charge < -0.3 is 14.4 Å². The highest BCUT2D eigenvalue weighted by Gasteiger charge is 2.30. The summed E-state index contributed by atoms with van der Waals surface area (Å²) >= 11 is 1.63. The molecule has 0 aliphatic carbocycles. The van der Waals surface area contributed by atoms with Crippen molar-refractivity contribution in [3.8, 4) is 0 Å². The summed E-state index contributed by atoms with van der Waals surface area (Å²) in [6.45, 7) is 1.06. The summed E-state index contributed by atoms with van der Waals surface area (Å²) in [5, 5.41) is 0. The van der Waals surface area contributed by atoms with Crippen LogP contribution in [-0.4, -0.2) is 55.9 Å². The molecule has 1 fully saturated rings. The molecule has 2 rings (SSSR count). The fraction of sp³-hybridized carbons (Fsp3) is 0.429. The first-order valence-corrected chi connectivity index (χ1v) is 7.51. The van der Waals surface area contributed by atoms with Crippen LogP contribution in [0.15, 0.2) is 29.2 Å². The first-order chi connectivity index (χ1) is 9.65. The van der Waals surface area contributed by atoms with Gasteiger partial charge in [0.05, 0.1) is 20.3 Å². The van der Waals surface area contributed by atoms with E-state index in [9.17, 15) is 9.59 Å². The van der Waals surface area contributed by atoms with Crippen LogP contribution < -0.4 is 0 Å². The second kappa shape index (κ2) is 6.76. The Balaban J connectivity index is 2.05. The number of carbonyl (C=O) groups is 2. The fourth-order valence-corrected chi connectivity index (χ4v) is 2.43. The largest absolute Gasteiger partial charge is 0.467 e. The molecule has 1 amide bonds. The molecular formula is C14H17NO4S. The number of benzene rings is 1. The number of methoxy groups -OCH3 is 1. The van der Waals surface area contributed by atoms with E-state index in [0.29, 0.717) is 18.7 Å². The number of amides is 1. The summed E-state index contributed by atoms with van der Waals surface area (Å²) in [4.78, 5) is 26.6. The number of thioether (sulfide) groups is 1. The Labute approximate surface area is 122 Å². The van der Waals surface area contributed by atoms with Gasteiger partial charge in [-0.3, -0.25) is 4.79 Å². The van der Waals surface area contributed by atoms with Crippen LogP contribution >= 0.6 is 11.8 Å². The van der Waals surface area contributed by atoms with Gasteiger partial charge in [-0.15, -0.1) is 11.8 Å². The molecule has 1 unspecified atom stereocenters. The van der Waals surface area contributed by atoms with E-state index in [-0.39, 0.29) is 12.5 Å². The highest BCUT2D eigenvalue weighted by molar-refractivity contribution is 7.98. The third kappa shape index (κ3) is 3.32. The van der Waals surface area contributed by atoms with Gasteiger partial charge in [0.2, 0.25) is 0 Å². The maximum atomic E-state index is 12.4. The SMILES string of the molecule is COC(=O)C1CN(C(=O)c2ccc(SC)cc2)CCO1. The van der Waals surface area contributed by atoms with Crippen LogP contribution in [0, 0.1) is 0 Å². The molecule has 0 spiro atoms. The topological polar surface area (TPSA) is 55.8 Å².